The summed E-state index contributed by atoms with van der Waals surface area (Å²) >= 11 is 0. The molecule has 12 heteroatoms. The molecule has 4 aromatic rings. The zero-order valence-electron chi connectivity index (χ0n) is 28.4. The van der Waals surface area contributed by atoms with Crippen LogP contribution in [0.25, 0.3) is 0 Å². The topological polar surface area (TPSA) is 169 Å². The molecule has 1 unspecified atom stereocenters. The zero-order valence-corrected chi connectivity index (χ0v) is 28.4. The van der Waals surface area contributed by atoms with E-state index in [0.29, 0.717) is 41.6 Å². The standard InChI is InChI=1S/C38H44N6O6/c1-3-4-5-8-23-49-38(47)43-36(40)27-16-18-30(19-17-27)42-26-33(39)28-11-9-12-29(24-28)37(46)44(34-15-6-7-21-41-34)22-20-35(45)50-32-14-10-13-31(25-32)48-2/h6-7,9-19,21,24-25,33,42H,3-5,8,20,22-23,26,39H2,1-2H3,(H2,40,43,47). The summed E-state index contributed by atoms with van der Waals surface area (Å²) in [4.78, 5) is 44.3. The van der Waals surface area contributed by atoms with Crippen molar-refractivity contribution >= 4 is 35.3 Å². The maximum Gasteiger partial charge on any atom is 0.412 e. The van der Waals surface area contributed by atoms with Crippen LogP contribution in [-0.4, -0.2) is 55.6 Å². The molecule has 1 atom stereocenters. The molecule has 0 fully saturated rings. The summed E-state index contributed by atoms with van der Waals surface area (Å²) in [5.74, 6) is 0.399. The molecule has 3 aromatic carbocycles. The number of nitrogens with one attached hydrogen (secondary N) is 3. The summed E-state index contributed by atoms with van der Waals surface area (Å²) in [6.45, 7) is 2.84. The van der Waals surface area contributed by atoms with Gasteiger partial charge < -0.3 is 25.3 Å². The number of carbonyl (C=O) groups excluding carboxylic acids is 3. The van der Waals surface area contributed by atoms with Gasteiger partial charge in [-0.25, -0.2) is 9.78 Å². The highest BCUT2D eigenvalue weighted by Crippen LogP contribution is 2.21. The van der Waals surface area contributed by atoms with Crippen molar-refractivity contribution in [3.63, 3.8) is 0 Å². The summed E-state index contributed by atoms with van der Waals surface area (Å²) in [6.07, 6.45) is 4.86. The fourth-order valence-electron chi connectivity index (χ4n) is 4.95. The molecule has 0 bridgehead atoms. The Morgan fingerprint density at radius 3 is 2.42 bits per heavy atom. The first kappa shape index (κ1) is 37.1. The number of unbranched alkanes of at least 4 members (excludes halogenated alkanes) is 3. The molecule has 0 spiro atoms. The van der Waals surface area contributed by atoms with E-state index < -0.39 is 18.1 Å². The molecule has 0 aliphatic heterocycles. The van der Waals surface area contributed by atoms with Crippen molar-refractivity contribution in [1.82, 2.24) is 10.3 Å². The molecule has 262 valence electrons. The van der Waals surface area contributed by atoms with E-state index in [0.717, 1.165) is 36.9 Å². The number of benzene rings is 3. The first-order chi connectivity index (χ1) is 24.3. The minimum atomic E-state index is -0.643. The molecule has 0 aliphatic carbocycles. The Hall–Kier alpha value is -5.75. The second-order valence-electron chi connectivity index (χ2n) is 11.4. The smallest absolute Gasteiger partial charge is 0.412 e. The number of alkyl carbamates (subject to hydrolysis) is 1. The molecule has 1 heterocycles. The molecule has 0 saturated heterocycles. The molecule has 2 amide bonds. The molecule has 0 aliphatic rings. The lowest BCUT2D eigenvalue weighted by Crippen LogP contribution is -2.34. The highest BCUT2D eigenvalue weighted by atomic mass is 16.5. The Kier molecular flexibility index (Phi) is 14.3. The van der Waals surface area contributed by atoms with Gasteiger partial charge in [0.1, 0.15) is 23.2 Å². The van der Waals surface area contributed by atoms with E-state index in [2.05, 4.69) is 22.5 Å². The van der Waals surface area contributed by atoms with Gasteiger partial charge in [0, 0.05) is 48.2 Å². The number of hydrogen-bond donors (Lipinski definition) is 4. The quantitative estimate of drug-likeness (QED) is 0.0321. The lowest BCUT2D eigenvalue weighted by molar-refractivity contribution is -0.134. The average molecular weight is 681 g/mol. The third-order valence-corrected chi connectivity index (χ3v) is 7.70. The monoisotopic (exact) mass is 680 g/mol. The summed E-state index contributed by atoms with van der Waals surface area (Å²) in [7, 11) is 1.53. The SMILES string of the molecule is CCCCCCOC(=O)NC(=N)c1ccc(NCC(N)c2cccc(C(=O)N(CCC(=O)Oc3cccc(OC)c3)c3ccccn3)c2)cc1. The molecule has 1 aromatic heterocycles. The Morgan fingerprint density at radius 2 is 1.68 bits per heavy atom. The van der Waals surface area contributed by atoms with Gasteiger partial charge in [-0.3, -0.25) is 25.2 Å². The highest BCUT2D eigenvalue weighted by molar-refractivity contribution is 6.06. The van der Waals surface area contributed by atoms with Crippen molar-refractivity contribution in [2.45, 2.75) is 45.1 Å². The number of nitrogens with two attached hydrogens (primary N) is 1. The van der Waals surface area contributed by atoms with Crippen LogP contribution in [0.1, 0.15) is 66.6 Å². The van der Waals surface area contributed by atoms with E-state index in [1.54, 1.807) is 91.1 Å². The molecular formula is C38H44N6O6. The van der Waals surface area contributed by atoms with Crippen molar-refractivity contribution < 1.29 is 28.6 Å². The lowest BCUT2D eigenvalue weighted by atomic mass is 10.0. The predicted molar refractivity (Wildman–Crippen MR) is 193 cm³/mol. The summed E-state index contributed by atoms with van der Waals surface area (Å²) in [5.41, 5.74) is 8.94. The van der Waals surface area contributed by atoms with Gasteiger partial charge in [0.25, 0.3) is 5.91 Å². The number of rotatable bonds is 17. The number of carbonyl (C=O) groups is 3. The van der Waals surface area contributed by atoms with Gasteiger partial charge in [-0.1, -0.05) is 50.5 Å². The van der Waals surface area contributed by atoms with Crippen molar-refractivity contribution in [1.29, 1.82) is 5.41 Å². The fraction of sp³-hybridized carbons (Fsp3) is 0.289. The number of aromatic nitrogens is 1. The molecule has 4 rings (SSSR count). The average Bonchev–Trinajstić information content (AvgIpc) is 3.14. The van der Waals surface area contributed by atoms with Gasteiger partial charge in [-0.2, -0.15) is 0 Å². The number of nitrogens with zero attached hydrogens (tertiary/aromatic N) is 2. The number of esters is 1. The van der Waals surface area contributed by atoms with E-state index in [1.165, 1.54) is 12.0 Å². The van der Waals surface area contributed by atoms with E-state index in [9.17, 15) is 14.4 Å². The van der Waals surface area contributed by atoms with Crippen LogP contribution >= 0.6 is 0 Å². The van der Waals surface area contributed by atoms with Crippen LogP contribution in [0.2, 0.25) is 0 Å². The second-order valence-corrected chi connectivity index (χ2v) is 11.4. The van der Waals surface area contributed by atoms with Crippen molar-refractivity contribution in [2.24, 2.45) is 5.73 Å². The molecular weight excluding hydrogens is 636 g/mol. The Labute approximate surface area is 292 Å². The van der Waals surface area contributed by atoms with Crippen LogP contribution in [0.15, 0.2) is 97.2 Å². The third-order valence-electron chi connectivity index (χ3n) is 7.70. The largest absolute Gasteiger partial charge is 0.497 e. The van der Waals surface area contributed by atoms with E-state index >= 15 is 0 Å². The number of methoxy groups -OCH3 is 1. The fourth-order valence-corrected chi connectivity index (χ4v) is 4.95. The first-order valence-electron chi connectivity index (χ1n) is 16.6. The molecule has 12 nitrogen and oxygen atoms in total. The second kappa shape index (κ2) is 19.3. The Balaban J connectivity index is 1.33. The minimum absolute atomic E-state index is 0.0414. The van der Waals surface area contributed by atoms with Crippen molar-refractivity contribution in [2.75, 3.05) is 37.0 Å². The van der Waals surface area contributed by atoms with E-state index in [1.807, 2.05) is 6.07 Å². The summed E-state index contributed by atoms with van der Waals surface area (Å²) < 4.78 is 15.8. The molecule has 0 radical (unpaired) electrons. The lowest BCUT2D eigenvalue weighted by Gasteiger charge is -2.22. The number of hydrogen-bond acceptors (Lipinski definition) is 10. The number of amides is 2. The van der Waals surface area contributed by atoms with Crippen molar-refractivity contribution in [3.05, 3.63) is 114 Å². The van der Waals surface area contributed by atoms with Crippen LogP contribution in [0, 0.1) is 5.41 Å². The van der Waals surface area contributed by atoms with Crippen LogP contribution in [0.5, 0.6) is 11.5 Å². The molecule has 50 heavy (non-hydrogen) atoms. The normalized spacial score (nSPS) is 11.2. The molecule has 0 saturated carbocycles. The van der Waals surface area contributed by atoms with Crippen LogP contribution in [0.4, 0.5) is 16.3 Å². The highest BCUT2D eigenvalue weighted by Gasteiger charge is 2.22. The van der Waals surface area contributed by atoms with Gasteiger partial charge in [0.15, 0.2) is 0 Å². The third kappa shape index (κ3) is 11.4. The maximum atomic E-state index is 13.8. The number of pyridine rings is 1. The van der Waals surface area contributed by atoms with Gasteiger partial charge >= 0.3 is 12.1 Å². The maximum absolute atomic E-state index is 13.8. The van der Waals surface area contributed by atoms with E-state index in [4.69, 9.17) is 25.4 Å². The zero-order chi connectivity index (χ0) is 35.7. The van der Waals surface area contributed by atoms with Gasteiger partial charge in [-0.15, -0.1) is 0 Å². The van der Waals surface area contributed by atoms with Gasteiger partial charge in [-0.05, 0) is 72.6 Å². The number of amidine groups is 1. The Bertz CT molecular complexity index is 1720. The summed E-state index contributed by atoms with van der Waals surface area (Å²) in [6, 6.07) is 25.5. The Morgan fingerprint density at radius 1 is 0.900 bits per heavy atom. The van der Waals surface area contributed by atoms with Crippen LogP contribution in [0.3, 0.4) is 0 Å². The molecule has 5 N–H and O–H groups in total. The van der Waals surface area contributed by atoms with Gasteiger partial charge in [0.2, 0.25) is 0 Å². The number of anilines is 2. The minimum Gasteiger partial charge on any atom is -0.497 e. The van der Waals surface area contributed by atoms with Crippen LogP contribution in [-0.2, 0) is 9.53 Å². The first-order valence-corrected chi connectivity index (χ1v) is 16.6. The predicted octanol–water partition coefficient (Wildman–Crippen LogP) is 6.48. The van der Waals surface area contributed by atoms with E-state index in [-0.39, 0.29) is 24.7 Å². The number of ether oxygens (including phenoxy) is 3. The van der Waals surface area contributed by atoms with Gasteiger partial charge in [0.05, 0.1) is 20.1 Å². The van der Waals surface area contributed by atoms with Crippen LogP contribution < -0.4 is 30.7 Å². The summed E-state index contributed by atoms with van der Waals surface area (Å²) in [5, 5.41) is 13.9. The van der Waals surface area contributed by atoms with Crippen molar-refractivity contribution in [3.8, 4) is 11.5 Å².